The van der Waals surface area contributed by atoms with Crippen LogP contribution < -0.4 is 0 Å². The van der Waals surface area contributed by atoms with Crippen molar-refractivity contribution in [3.63, 3.8) is 0 Å². The normalized spacial score (nSPS) is 23.5. The molecule has 0 aromatic heterocycles. The third kappa shape index (κ3) is 1.52. The van der Waals surface area contributed by atoms with E-state index in [0.29, 0.717) is 0 Å². The Kier molecular flexibility index (Phi) is 2.16. The van der Waals surface area contributed by atoms with Crippen LogP contribution in [0.2, 0.25) is 0 Å². The molecule has 2 aliphatic rings. The molecule has 2 aliphatic heterocycles. The van der Waals surface area contributed by atoms with Gasteiger partial charge in [0.2, 0.25) is 6.29 Å². The lowest BCUT2D eigenvalue weighted by Crippen LogP contribution is -2.35. The number of nitrogens with zero attached hydrogens (tertiary/aromatic N) is 4. The van der Waals surface area contributed by atoms with Crippen LogP contribution in [0.5, 0.6) is 0 Å². The van der Waals surface area contributed by atoms with Crippen molar-refractivity contribution in [3.05, 3.63) is 0 Å². The van der Waals surface area contributed by atoms with Gasteiger partial charge in [-0.15, -0.1) is 0 Å². The molecular weight excluding hydrogens is 152 g/mol. The average molecular weight is 164 g/mol. The minimum absolute atomic E-state index is 0.0391. The van der Waals surface area contributed by atoms with Crippen molar-refractivity contribution < 1.29 is 0 Å². The molecule has 0 atom stereocenters. The molecule has 0 radical (unpaired) electrons. The maximum Gasteiger partial charge on any atom is 0.216 e. The molecule has 12 heavy (non-hydrogen) atoms. The zero-order valence-electron chi connectivity index (χ0n) is 6.93. The Morgan fingerprint density at radius 1 is 1.25 bits per heavy atom. The number of aliphatic imine (C=N–C) groups is 3. The van der Waals surface area contributed by atoms with E-state index < -0.39 is 0 Å². The van der Waals surface area contributed by atoms with Crippen LogP contribution >= 0.6 is 0 Å². The van der Waals surface area contributed by atoms with E-state index in [-0.39, 0.29) is 6.29 Å². The molecule has 0 aliphatic carbocycles. The Bertz CT molecular complexity index is 219. The smallest absolute Gasteiger partial charge is 0.216 e. The maximum atomic E-state index is 4.26. The highest BCUT2D eigenvalue weighted by Crippen LogP contribution is 2.07. The minimum Gasteiger partial charge on any atom is -0.323 e. The fourth-order valence-electron chi connectivity index (χ4n) is 1.31. The summed E-state index contributed by atoms with van der Waals surface area (Å²) in [5.41, 5.74) is 0. The molecule has 0 saturated heterocycles. The SMILES string of the molecule is C1=NCCCN1C1N=CCC=N1. The predicted molar refractivity (Wildman–Crippen MR) is 50.1 cm³/mol. The molecule has 0 spiro atoms. The van der Waals surface area contributed by atoms with E-state index in [1.54, 1.807) is 0 Å². The van der Waals surface area contributed by atoms with Crippen LogP contribution in [-0.2, 0) is 0 Å². The summed E-state index contributed by atoms with van der Waals surface area (Å²) in [6, 6.07) is 0. The largest absolute Gasteiger partial charge is 0.323 e. The van der Waals surface area contributed by atoms with Crippen LogP contribution in [0, 0.1) is 0 Å². The first-order chi connectivity index (χ1) is 5.97. The van der Waals surface area contributed by atoms with Gasteiger partial charge in [0, 0.05) is 31.9 Å². The van der Waals surface area contributed by atoms with E-state index in [1.807, 2.05) is 18.8 Å². The van der Waals surface area contributed by atoms with Crippen LogP contribution in [0.1, 0.15) is 12.8 Å². The van der Waals surface area contributed by atoms with Gasteiger partial charge in [0.1, 0.15) is 0 Å². The Morgan fingerprint density at radius 2 is 2.08 bits per heavy atom. The average Bonchev–Trinajstić information content (AvgIpc) is 2.21. The van der Waals surface area contributed by atoms with E-state index in [2.05, 4.69) is 19.9 Å². The lowest BCUT2D eigenvalue weighted by atomic mass is 10.3. The van der Waals surface area contributed by atoms with Crippen molar-refractivity contribution in [2.45, 2.75) is 19.1 Å². The molecule has 0 saturated carbocycles. The van der Waals surface area contributed by atoms with Gasteiger partial charge in [-0.25, -0.2) is 0 Å². The topological polar surface area (TPSA) is 40.3 Å². The number of hydrogen-bond donors (Lipinski definition) is 0. The van der Waals surface area contributed by atoms with Crippen molar-refractivity contribution >= 4 is 18.8 Å². The molecule has 2 heterocycles. The van der Waals surface area contributed by atoms with Crippen molar-refractivity contribution in [2.24, 2.45) is 15.0 Å². The van der Waals surface area contributed by atoms with E-state index in [0.717, 1.165) is 25.9 Å². The molecule has 4 nitrogen and oxygen atoms in total. The molecular formula is C8H12N4. The zero-order chi connectivity index (χ0) is 8.23. The molecule has 0 fully saturated rings. The second kappa shape index (κ2) is 3.47. The summed E-state index contributed by atoms with van der Waals surface area (Å²) in [5, 5.41) is 0. The summed E-state index contributed by atoms with van der Waals surface area (Å²) in [6.45, 7) is 1.96. The number of hydrogen-bond acceptors (Lipinski definition) is 4. The first-order valence-corrected chi connectivity index (χ1v) is 4.26. The van der Waals surface area contributed by atoms with E-state index in [9.17, 15) is 0 Å². The highest BCUT2D eigenvalue weighted by Gasteiger charge is 2.14. The van der Waals surface area contributed by atoms with Gasteiger partial charge < -0.3 is 4.90 Å². The quantitative estimate of drug-likeness (QED) is 0.558. The van der Waals surface area contributed by atoms with Crippen molar-refractivity contribution in [3.8, 4) is 0 Å². The van der Waals surface area contributed by atoms with Crippen LogP contribution in [0.4, 0.5) is 0 Å². The van der Waals surface area contributed by atoms with Gasteiger partial charge in [0.25, 0.3) is 0 Å². The summed E-state index contributed by atoms with van der Waals surface area (Å²) < 4.78 is 0. The molecule has 0 N–H and O–H groups in total. The Hall–Kier alpha value is -1.19. The highest BCUT2D eigenvalue weighted by atomic mass is 15.3. The summed E-state index contributed by atoms with van der Waals surface area (Å²) in [6.07, 6.45) is 7.59. The lowest BCUT2D eigenvalue weighted by Gasteiger charge is -2.26. The molecule has 0 unspecified atom stereocenters. The van der Waals surface area contributed by atoms with Gasteiger partial charge in [0.05, 0.1) is 6.34 Å². The summed E-state index contributed by atoms with van der Waals surface area (Å²) >= 11 is 0. The Labute approximate surface area is 71.7 Å². The number of rotatable bonds is 1. The van der Waals surface area contributed by atoms with Crippen LogP contribution in [0.25, 0.3) is 0 Å². The Morgan fingerprint density at radius 3 is 2.75 bits per heavy atom. The fourth-order valence-corrected chi connectivity index (χ4v) is 1.31. The minimum atomic E-state index is -0.0391. The molecule has 2 rings (SSSR count). The molecule has 0 aromatic carbocycles. The summed E-state index contributed by atoms with van der Waals surface area (Å²) in [7, 11) is 0. The van der Waals surface area contributed by atoms with Gasteiger partial charge in [-0.1, -0.05) is 0 Å². The highest BCUT2D eigenvalue weighted by molar-refractivity contribution is 5.81. The third-order valence-corrected chi connectivity index (χ3v) is 1.92. The van der Waals surface area contributed by atoms with E-state index in [4.69, 9.17) is 0 Å². The molecule has 0 aromatic rings. The van der Waals surface area contributed by atoms with Crippen LogP contribution in [0.15, 0.2) is 15.0 Å². The molecule has 4 heteroatoms. The van der Waals surface area contributed by atoms with Crippen molar-refractivity contribution in [2.75, 3.05) is 13.1 Å². The fraction of sp³-hybridized carbons (Fsp3) is 0.625. The molecule has 0 bridgehead atoms. The van der Waals surface area contributed by atoms with Crippen LogP contribution in [0.3, 0.4) is 0 Å². The predicted octanol–water partition coefficient (Wildman–Crippen LogP) is 0.549. The lowest BCUT2D eigenvalue weighted by molar-refractivity contribution is 0.323. The summed E-state index contributed by atoms with van der Waals surface area (Å²) in [4.78, 5) is 14.8. The van der Waals surface area contributed by atoms with Crippen molar-refractivity contribution in [1.29, 1.82) is 0 Å². The Balaban J connectivity index is 2.02. The zero-order valence-corrected chi connectivity index (χ0v) is 6.93. The molecule has 0 amide bonds. The summed E-state index contributed by atoms with van der Waals surface area (Å²) in [5.74, 6) is 0. The van der Waals surface area contributed by atoms with Gasteiger partial charge in [-0.2, -0.15) is 0 Å². The van der Waals surface area contributed by atoms with E-state index in [1.165, 1.54) is 0 Å². The maximum absolute atomic E-state index is 4.26. The molecule has 64 valence electrons. The first-order valence-electron chi connectivity index (χ1n) is 4.26. The van der Waals surface area contributed by atoms with E-state index >= 15 is 0 Å². The van der Waals surface area contributed by atoms with Gasteiger partial charge in [0.15, 0.2) is 0 Å². The second-order valence-electron chi connectivity index (χ2n) is 2.86. The first kappa shape index (κ1) is 7.46. The van der Waals surface area contributed by atoms with Crippen LogP contribution in [-0.4, -0.2) is 43.0 Å². The van der Waals surface area contributed by atoms with Crippen molar-refractivity contribution in [1.82, 2.24) is 4.90 Å². The second-order valence-corrected chi connectivity index (χ2v) is 2.86. The van der Waals surface area contributed by atoms with Gasteiger partial charge >= 0.3 is 0 Å². The third-order valence-electron chi connectivity index (χ3n) is 1.92. The van der Waals surface area contributed by atoms with Gasteiger partial charge in [-0.3, -0.25) is 15.0 Å². The standard InChI is InChI=1S/C8H12N4/c1-4-10-8(11-5-1)12-6-2-3-9-7-12/h4-5,7-8H,1-3,6H2. The van der Waals surface area contributed by atoms with Gasteiger partial charge in [-0.05, 0) is 6.42 Å². The monoisotopic (exact) mass is 164 g/mol.